The number of alkyl halides is 3. The van der Waals surface area contributed by atoms with Gasteiger partial charge >= 0.3 is 11.9 Å². The van der Waals surface area contributed by atoms with Gasteiger partial charge in [0.15, 0.2) is 0 Å². The number of aromatic nitrogens is 2. The fourth-order valence-corrected chi connectivity index (χ4v) is 2.59. The lowest BCUT2D eigenvalue weighted by molar-refractivity contribution is -0.137. The van der Waals surface area contributed by atoms with Gasteiger partial charge in [-0.2, -0.15) is 13.2 Å². The third kappa shape index (κ3) is 3.73. The van der Waals surface area contributed by atoms with Gasteiger partial charge in [0.25, 0.3) is 5.56 Å². The van der Waals surface area contributed by atoms with Crippen LogP contribution in [0.2, 0.25) is 0 Å². The second kappa shape index (κ2) is 7.18. The standard InChI is InChI=1S/C19H14F3N3O3/c1-11-5-2-3-8-15(11)25-17(27)14(16(26)24-18(25)28)10-23-13-7-4-6-12(9-13)19(20,21)22/h2-10,27H,1H3,(H,24,26,28). The lowest BCUT2D eigenvalue weighted by Crippen LogP contribution is -2.31. The van der Waals surface area contributed by atoms with Gasteiger partial charge < -0.3 is 5.11 Å². The maximum Gasteiger partial charge on any atom is 0.416 e. The van der Waals surface area contributed by atoms with Crippen LogP contribution in [0.25, 0.3) is 5.69 Å². The van der Waals surface area contributed by atoms with E-state index in [9.17, 15) is 27.9 Å². The molecule has 3 rings (SSSR count). The van der Waals surface area contributed by atoms with Crippen LogP contribution in [0.5, 0.6) is 5.88 Å². The summed E-state index contributed by atoms with van der Waals surface area (Å²) in [5, 5.41) is 10.5. The van der Waals surface area contributed by atoms with Gasteiger partial charge in [-0.3, -0.25) is 14.8 Å². The van der Waals surface area contributed by atoms with Crippen LogP contribution in [0.3, 0.4) is 0 Å². The summed E-state index contributed by atoms with van der Waals surface area (Å²) >= 11 is 0. The van der Waals surface area contributed by atoms with E-state index in [1.807, 2.05) is 0 Å². The van der Waals surface area contributed by atoms with Crippen molar-refractivity contribution in [2.45, 2.75) is 13.1 Å². The highest BCUT2D eigenvalue weighted by Crippen LogP contribution is 2.31. The summed E-state index contributed by atoms with van der Waals surface area (Å²) in [6.45, 7) is 1.71. The number of para-hydroxylation sites is 1. The normalized spacial score (nSPS) is 11.9. The number of rotatable bonds is 3. The summed E-state index contributed by atoms with van der Waals surface area (Å²) in [7, 11) is 0. The molecule has 1 aromatic heterocycles. The molecule has 28 heavy (non-hydrogen) atoms. The molecule has 0 amide bonds. The molecule has 0 aliphatic rings. The molecule has 0 saturated heterocycles. The summed E-state index contributed by atoms with van der Waals surface area (Å²) in [5.41, 5.74) is -2.09. The molecule has 0 radical (unpaired) electrons. The quantitative estimate of drug-likeness (QED) is 0.674. The molecule has 3 aromatic rings. The highest BCUT2D eigenvalue weighted by atomic mass is 19.4. The molecule has 6 nitrogen and oxygen atoms in total. The van der Waals surface area contributed by atoms with Crippen LogP contribution in [0.4, 0.5) is 18.9 Å². The van der Waals surface area contributed by atoms with E-state index in [1.165, 1.54) is 12.1 Å². The van der Waals surface area contributed by atoms with Crippen molar-refractivity contribution in [2.75, 3.05) is 0 Å². The number of nitrogens with zero attached hydrogens (tertiary/aromatic N) is 2. The number of aromatic amines is 1. The molecule has 0 aliphatic carbocycles. The fourth-order valence-electron chi connectivity index (χ4n) is 2.59. The van der Waals surface area contributed by atoms with E-state index in [0.29, 0.717) is 11.3 Å². The number of halogens is 3. The fraction of sp³-hybridized carbons (Fsp3) is 0.105. The van der Waals surface area contributed by atoms with Crippen LogP contribution in [-0.2, 0) is 6.18 Å². The molecule has 1 heterocycles. The summed E-state index contributed by atoms with van der Waals surface area (Å²) in [5.74, 6) is -0.668. The van der Waals surface area contributed by atoms with E-state index >= 15 is 0 Å². The number of aliphatic imine (C=N–C) groups is 1. The highest BCUT2D eigenvalue weighted by Gasteiger charge is 2.30. The molecule has 0 unspecified atom stereocenters. The molecular weight excluding hydrogens is 375 g/mol. The Morgan fingerprint density at radius 2 is 1.82 bits per heavy atom. The van der Waals surface area contributed by atoms with Crippen LogP contribution >= 0.6 is 0 Å². The predicted octanol–water partition coefficient (Wildman–Crippen LogP) is 3.31. The third-order valence-corrected chi connectivity index (χ3v) is 3.99. The lowest BCUT2D eigenvalue weighted by atomic mass is 10.2. The number of hydrogen-bond donors (Lipinski definition) is 2. The van der Waals surface area contributed by atoms with E-state index in [4.69, 9.17) is 0 Å². The summed E-state index contributed by atoms with van der Waals surface area (Å²) in [6, 6.07) is 10.9. The molecular formula is C19H14F3N3O3. The first-order valence-corrected chi connectivity index (χ1v) is 8.04. The first-order valence-electron chi connectivity index (χ1n) is 8.04. The molecule has 2 N–H and O–H groups in total. The Bertz CT molecular complexity index is 1180. The summed E-state index contributed by atoms with van der Waals surface area (Å²) in [4.78, 5) is 30.2. The molecule has 0 bridgehead atoms. The van der Waals surface area contributed by atoms with E-state index in [2.05, 4.69) is 9.98 Å². The van der Waals surface area contributed by atoms with Crippen molar-refractivity contribution in [3.05, 3.63) is 86.1 Å². The number of benzene rings is 2. The van der Waals surface area contributed by atoms with E-state index in [-0.39, 0.29) is 11.3 Å². The summed E-state index contributed by atoms with van der Waals surface area (Å²) < 4.78 is 39.3. The van der Waals surface area contributed by atoms with Gasteiger partial charge in [0.2, 0.25) is 5.88 Å². The van der Waals surface area contributed by atoms with Crippen molar-refractivity contribution < 1.29 is 18.3 Å². The van der Waals surface area contributed by atoms with E-state index < -0.39 is 28.9 Å². The van der Waals surface area contributed by atoms with Gasteiger partial charge in [-0.05, 0) is 36.8 Å². The Morgan fingerprint density at radius 1 is 1.11 bits per heavy atom. The Balaban J connectivity index is 2.10. The number of aryl methyl sites for hydroxylation is 1. The molecule has 0 saturated carbocycles. The maximum atomic E-state index is 12.8. The number of hydrogen-bond acceptors (Lipinski definition) is 4. The van der Waals surface area contributed by atoms with Crippen LogP contribution in [-0.4, -0.2) is 20.9 Å². The van der Waals surface area contributed by atoms with Crippen molar-refractivity contribution in [1.29, 1.82) is 0 Å². The first kappa shape index (κ1) is 19.2. The Kier molecular flexibility index (Phi) is 4.91. The first-order chi connectivity index (χ1) is 13.2. The van der Waals surface area contributed by atoms with Gasteiger partial charge in [0.05, 0.1) is 16.9 Å². The van der Waals surface area contributed by atoms with Gasteiger partial charge in [-0.1, -0.05) is 24.3 Å². The SMILES string of the molecule is Cc1ccccc1-n1c(O)c(C=Nc2cccc(C(F)(F)F)c2)c(=O)[nH]c1=O. The van der Waals surface area contributed by atoms with Crippen molar-refractivity contribution in [1.82, 2.24) is 9.55 Å². The molecule has 0 aliphatic heterocycles. The maximum absolute atomic E-state index is 12.8. The second-order valence-electron chi connectivity index (χ2n) is 5.92. The molecule has 0 atom stereocenters. The smallest absolute Gasteiger partial charge is 0.416 e. The average Bonchev–Trinajstić information content (AvgIpc) is 2.62. The molecule has 0 spiro atoms. The summed E-state index contributed by atoms with van der Waals surface area (Å²) in [6.07, 6.45) is -3.62. The predicted molar refractivity (Wildman–Crippen MR) is 97.8 cm³/mol. The second-order valence-corrected chi connectivity index (χ2v) is 5.92. The van der Waals surface area contributed by atoms with Gasteiger partial charge in [-0.15, -0.1) is 0 Å². The largest absolute Gasteiger partial charge is 0.493 e. The third-order valence-electron chi connectivity index (χ3n) is 3.99. The minimum absolute atomic E-state index is 0.0673. The Hall–Kier alpha value is -3.62. The number of nitrogens with one attached hydrogen (secondary N) is 1. The number of H-pyrrole nitrogens is 1. The van der Waals surface area contributed by atoms with Crippen molar-refractivity contribution in [2.24, 2.45) is 4.99 Å². The van der Waals surface area contributed by atoms with Gasteiger partial charge in [0, 0.05) is 6.21 Å². The highest BCUT2D eigenvalue weighted by molar-refractivity contribution is 5.84. The zero-order valence-electron chi connectivity index (χ0n) is 14.5. The lowest BCUT2D eigenvalue weighted by Gasteiger charge is -2.11. The van der Waals surface area contributed by atoms with E-state index in [0.717, 1.165) is 22.9 Å². The van der Waals surface area contributed by atoms with Crippen molar-refractivity contribution >= 4 is 11.9 Å². The van der Waals surface area contributed by atoms with Gasteiger partial charge in [0.1, 0.15) is 5.56 Å². The molecule has 0 fully saturated rings. The zero-order chi connectivity index (χ0) is 20.5. The molecule has 144 valence electrons. The van der Waals surface area contributed by atoms with E-state index in [1.54, 1.807) is 31.2 Å². The van der Waals surface area contributed by atoms with Crippen molar-refractivity contribution in [3.8, 4) is 11.6 Å². The topological polar surface area (TPSA) is 87.4 Å². The van der Waals surface area contributed by atoms with Crippen molar-refractivity contribution in [3.63, 3.8) is 0 Å². The monoisotopic (exact) mass is 389 g/mol. The minimum Gasteiger partial charge on any atom is -0.493 e. The zero-order valence-corrected chi connectivity index (χ0v) is 14.5. The molecule has 9 heteroatoms. The number of aromatic hydroxyl groups is 1. The van der Waals surface area contributed by atoms with Crippen LogP contribution in [0, 0.1) is 6.92 Å². The average molecular weight is 389 g/mol. The Labute approximate surface area is 156 Å². The van der Waals surface area contributed by atoms with Crippen LogP contribution in [0.15, 0.2) is 63.1 Å². The Morgan fingerprint density at radius 3 is 2.50 bits per heavy atom. The van der Waals surface area contributed by atoms with Crippen LogP contribution in [0.1, 0.15) is 16.7 Å². The van der Waals surface area contributed by atoms with Gasteiger partial charge in [-0.25, -0.2) is 9.36 Å². The van der Waals surface area contributed by atoms with Crippen LogP contribution < -0.4 is 11.2 Å². The molecule has 2 aromatic carbocycles. The minimum atomic E-state index is -4.54.